The minimum absolute atomic E-state index is 0.0464. The van der Waals surface area contributed by atoms with Gasteiger partial charge in [0.1, 0.15) is 25.6 Å². The van der Waals surface area contributed by atoms with E-state index in [0.717, 1.165) is 12.1 Å². The number of fused-ring (bicyclic) bond motifs is 1. The van der Waals surface area contributed by atoms with E-state index in [2.05, 4.69) is 5.32 Å². The van der Waals surface area contributed by atoms with Crippen LogP contribution in [0.4, 0.5) is 14.5 Å². The molecule has 1 N–H and O–H groups in total. The van der Waals surface area contributed by atoms with Crippen molar-refractivity contribution >= 4 is 22.9 Å². The summed E-state index contributed by atoms with van der Waals surface area (Å²) in [5.41, 5.74) is 1.30. The number of benzene rings is 2. The van der Waals surface area contributed by atoms with Crippen LogP contribution in [0, 0.1) is 11.6 Å². The molecule has 144 valence electrons. The van der Waals surface area contributed by atoms with Gasteiger partial charge in [-0.05, 0) is 35.7 Å². The van der Waals surface area contributed by atoms with Gasteiger partial charge in [-0.3, -0.25) is 4.79 Å². The van der Waals surface area contributed by atoms with E-state index in [-0.39, 0.29) is 18.3 Å². The molecule has 1 aliphatic rings. The quantitative estimate of drug-likeness (QED) is 0.675. The van der Waals surface area contributed by atoms with E-state index in [1.54, 1.807) is 29.6 Å². The normalized spacial score (nSPS) is 12.5. The molecule has 0 atom stereocenters. The molecule has 1 aromatic heterocycles. The molecule has 1 amide bonds. The summed E-state index contributed by atoms with van der Waals surface area (Å²) in [5.74, 6) is -0.528. The number of hydrogen-bond acceptors (Lipinski definition) is 5. The predicted molar refractivity (Wildman–Crippen MR) is 100 cm³/mol. The number of hydrogen-bond donors (Lipinski definition) is 1. The molecular weight excluding hydrogens is 388 g/mol. The highest BCUT2D eigenvalue weighted by Gasteiger charge is 2.15. The van der Waals surface area contributed by atoms with E-state index in [1.165, 1.54) is 17.4 Å². The molecule has 0 saturated heterocycles. The lowest BCUT2D eigenvalue weighted by Crippen LogP contribution is -2.16. The van der Waals surface area contributed by atoms with Crippen LogP contribution >= 0.6 is 11.3 Å². The maximum absolute atomic E-state index is 13.6. The second-order valence-corrected chi connectivity index (χ2v) is 6.91. The van der Waals surface area contributed by atoms with Gasteiger partial charge in [-0.1, -0.05) is 0 Å². The highest BCUT2D eigenvalue weighted by Crippen LogP contribution is 2.33. The van der Waals surface area contributed by atoms with Crippen LogP contribution in [0.25, 0.3) is 0 Å². The first-order chi connectivity index (χ1) is 13.6. The van der Waals surface area contributed by atoms with Crippen molar-refractivity contribution < 1.29 is 27.8 Å². The Morgan fingerprint density at radius 1 is 1.07 bits per heavy atom. The molecule has 4 rings (SSSR count). The van der Waals surface area contributed by atoms with Crippen LogP contribution in [0.1, 0.15) is 15.2 Å². The predicted octanol–water partition coefficient (Wildman–Crippen LogP) is 4.63. The van der Waals surface area contributed by atoms with Gasteiger partial charge in [0.25, 0.3) is 5.91 Å². The zero-order chi connectivity index (χ0) is 19.5. The molecule has 3 aromatic rings. The van der Waals surface area contributed by atoms with Crippen molar-refractivity contribution in [2.24, 2.45) is 0 Å². The van der Waals surface area contributed by atoms with Crippen molar-refractivity contribution in [2.45, 2.75) is 6.61 Å². The molecule has 0 spiro atoms. The molecule has 5 nitrogen and oxygen atoms in total. The molecule has 0 fully saturated rings. The van der Waals surface area contributed by atoms with Gasteiger partial charge in [-0.25, -0.2) is 8.78 Å². The number of carbonyl (C=O) groups excluding carboxylic acids is 1. The molecule has 0 aliphatic carbocycles. The number of amides is 1. The molecule has 2 heterocycles. The smallest absolute Gasteiger partial charge is 0.265 e. The van der Waals surface area contributed by atoms with Gasteiger partial charge < -0.3 is 19.5 Å². The summed E-state index contributed by atoms with van der Waals surface area (Å²) in [4.78, 5) is 12.9. The minimum Gasteiger partial charge on any atom is -0.486 e. The number of anilines is 1. The summed E-state index contributed by atoms with van der Waals surface area (Å²) in [6.45, 7) is 1.03. The second-order valence-electron chi connectivity index (χ2n) is 6.00. The van der Waals surface area contributed by atoms with Crippen LogP contribution in [0.5, 0.6) is 17.2 Å². The second kappa shape index (κ2) is 7.85. The Hall–Kier alpha value is -3.13. The number of ether oxygens (including phenoxy) is 3. The highest BCUT2D eigenvalue weighted by atomic mass is 32.1. The Labute approximate surface area is 163 Å². The molecule has 1 aliphatic heterocycles. The van der Waals surface area contributed by atoms with Crippen LogP contribution in [0.15, 0.2) is 47.8 Å². The molecule has 0 unspecified atom stereocenters. The third-order valence-electron chi connectivity index (χ3n) is 3.97. The molecule has 0 bridgehead atoms. The van der Waals surface area contributed by atoms with Crippen molar-refractivity contribution in [3.8, 4) is 17.2 Å². The van der Waals surface area contributed by atoms with Gasteiger partial charge in [0.15, 0.2) is 23.1 Å². The first-order valence-corrected chi connectivity index (χ1v) is 9.33. The number of nitrogens with one attached hydrogen (secondary N) is 1. The zero-order valence-electron chi connectivity index (χ0n) is 14.5. The number of carbonyl (C=O) groups is 1. The molecule has 2 aromatic carbocycles. The van der Waals surface area contributed by atoms with Crippen LogP contribution in [0.2, 0.25) is 0 Å². The fourth-order valence-corrected chi connectivity index (χ4v) is 3.43. The number of thiophene rings is 1. The summed E-state index contributed by atoms with van der Waals surface area (Å²) in [5, 5.41) is 4.55. The van der Waals surface area contributed by atoms with Gasteiger partial charge in [-0.2, -0.15) is 0 Å². The topological polar surface area (TPSA) is 56.8 Å². The molecule has 0 saturated carbocycles. The first-order valence-electron chi connectivity index (χ1n) is 8.45. The van der Waals surface area contributed by atoms with Crippen molar-refractivity contribution in [1.29, 1.82) is 0 Å². The monoisotopic (exact) mass is 403 g/mol. The Morgan fingerprint density at radius 3 is 2.71 bits per heavy atom. The highest BCUT2D eigenvalue weighted by molar-refractivity contribution is 7.12. The average molecular weight is 403 g/mol. The van der Waals surface area contributed by atoms with Gasteiger partial charge in [0.2, 0.25) is 0 Å². The average Bonchev–Trinajstić information content (AvgIpc) is 3.16. The van der Waals surface area contributed by atoms with Crippen LogP contribution in [0.3, 0.4) is 0 Å². The third-order valence-corrected chi connectivity index (χ3v) is 4.94. The molecule has 8 heteroatoms. The van der Waals surface area contributed by atoms with E-state index in [4.69, 9.17) is 14.2 Å². The van der Waals surface area contributed by atoms with Crippen molar-refractivity contribution in [2.75, 3.05) is 18.5 Å². The van der Waals surface area contributed by atoms with E-state index in [9.17, 15) is 13.6 Å². The molecule has 0 radical (unpaired) electrons. The first kappa shape index (κ1) is 18.2. The van der Waals surface area contributed by atoms with E-state index >= 15 is 0 Å². The number of rotatable bonds is 5. The maximum atomic E-state index is 13.6. The van der Waals surface area contributed by atoms with Crippen LogP contribution < -0.4 is 19.5 Å². The lowest BCUT2D eigenvalue weighted by molar-refractivity contribution is 0.103. The largest absolute Gasteiger partial charge is 0.486 e. The summed E-state index contributed by atoms with van der Waals surface area (Å²) in [6.07, 6.45) is 0. The Bertz CT molecular complexity index is 1020. The summed E-state index contributed by atoms with van der Waals surface area (Å²) in [6, 6.07) is 9.97. The summed E-state index contributed by atoms with van der Waals surface area (Å²) in [7, 11) is 0. The zero-order valence-corrected chi connectivity index (χ0v) is 15.4. The Balaban J connectivity index is 1.39. The van der Waals surface area contributed by atoms with Gasteiger partial charge >= 0.3 is 0 Å². The fourth-order valence-electron chi connectivity index (χ4n) is 2.64. The Morgan fingerprint density at radius 2 is 1.89 bits per heavy atom. The van der Waals surface area contributed by atoms with Gasteiger partial charge in [0, 0.05) is 23.4 Å². The van der Waals surface area contributed by atoms with Gasteiger partial charge in [-0.15, -0.1) is 11.3 Å². The third kappa shape index (κ3) is 4.07. The van der Waals surface area contributed by atoms with Crippen molar-refractivity contribution in [3.63, 3.8) is 0 Å². The standard InChI is InChI=1S/C20H15F2NO4S/c21-13-1-3-16(15(22)8-13)27-10-12-7-19(28-11-12)20(24)23-14-2-4-17-18(9-14)26-6-5-25-17/h1-4,7-9,11H,5-6,10H2,(H,23,24). The van der Waals surface area contributed by atoms with Crippen molar-refractivity contribution in [1.82, 2.24) is 0 Å². The minimum atomic E-state index is -0.771. The Kier molecular flexibility index (Phi) is 5.12. The van der Waals surface area contributed by atoms with E-state index in [1.807, 2.05) is 0 Å². The SMILES string of the molecule is O=C(Nc1ccc2c(c1)OCCO2)c1cc(COc2ccc(F)cc2F)cs1. The molecular formula is C20H15F2NO4S. The summed E-state index contributed by atoms with van der Waals surface area (Å²) < 4.78 is 42.8. The lowest BCUT2D eigenvalue weighted by Gasteiger charge is -2.18. The van der Waals surface area contributed by atoms with Crippen molar-refractivity contribution in [3.05, 3.63) is 69.9 Å². The summed E-state index contributed by atoms with van der Waals surface area (Å²) >= 11 is 1.25. The van der Waals surface area contributed by atoms with Crippen LogP contribution in [-0.4, -0.2) is 19.1 Å². The van der Waals surface area contributed by atoms with E-state index < -0.39 is 11.6 Å². The fraction of sp³-hybridized carbons (Fsp3) is 0.150. The van der Waals surface area contributed by atoms with E-state index in [0.29, 0.717) is 40.8 Å². The lowest BCUT2D eigenvalue weighted by atomic mass is 10.2. The number of halogens is 2. The van der Waals surface area contributed by atoms with Gasteiger partial charge in [0.05, 0.1) is 4.88 Å². The maximum Gasteiger partial charge on any atom is 0.265 e. The van der Waals surface area contributed by atoms with Crippen LogP contribution in [-0.2, 0) is 6.61 Å². The molecule has 28 heavy (non-hydrogen) atoms.